The fourth-order valence-electron chi connectivity index (χ4n) is 2.89. The number of nitrogens with two attached hydrogens (primary N) is 1. The summed E-state index contributed by atoms with van der Waals surface area (Å²) in [6.07, 6.45) is 2.22. The van der Waals surface area contributed by atoms with E-state index in [9.17, 15) is 9.59 Å². The van der Waals surface area contributed by atoms with E-state index in [1.54, 1.807) is 19.2 Å². The number of guanidine groups is 1. The summed E-state index contributed by atoms with van der Waals surface area (Å²) in [7, 11) is 1.75. The predicted octanol–water partition coefficient (Wildman–Crippen LogP) is 1.70. The Labute approximate surface area is 197 Å². The molecule has 1 rings (SSSR count). The van der Waals surface area contributed by atoms with Crippen LogP contribution in [0.3, 0.4) is 0 Å². The lowest BCUT2D eigenvalue weighted by atomic mass is 10.1. The first kappa shape index (κ1) is 28.1. The highest BCUT2D eigenvalue weighted by Gasteiger charge is 2.08. The number of nitrogens with zero attached hydrogens (tertiary/aromatic N) is 2. The Bertz CT molecular complexity index is 662. The van der Waals surface area contributed by atoms with Gasteiger partial charge in [0.15, 0.2) is 5.96 Å². The summed E-state index contributed by atoms with van der Waals surface area (Å²) in [4.78, 5) is 29.3. The molecule has 30 heavy (non-hydrogen) atoms. The number of halogens is 1. The summed E-state index contributed by atoms with van der Waals surface area (Å²) >= 11 is 0. The Morgan fingerprint density at radius 1 is 1.13 bits per heavy atom. The van der Waals surface area contributed by atoms with Gasteiger partial charge in [-0.1, -0.05) is 26.0 Å². The van der Waals surface area contributed by atoms with Crippen molar-refractivity contribution < 1.29 is 9.59 Å². The molecule has 0 aliphatic heterocycles. The Balaban J connectivity index is 0.00000841. The fraction of sp³-hybridized carbons (Fsp3) is 0.571. The number of rotatable bonds is 12. The van der Waals surface area contributed by atoms with Gasteiger partial charge >= 0.3 is 0 Å². The first-order chi connectivity index (χ1) is 13.9. The number of carbonyl (C=O) groups is 2. The summed E-state index contributed by atoms with van der Waals surface area (Å²) < 4.78 is 0. The predicted molar refractivity (Wildman–Crippen MR) is 133 cm³/mol. The maximum atomic E-state index is 11.9. The van der Waals surface area contributed by atoms with Crippen LogP contribution in [-0.4, -0.2) is 61.9 Å². The van der Waals surface area contributed by atoms with E-state index in [4.69, 9.17) is 5.73 Å². The second-order valence-corrected chi connectivity index (χ2v) is 6.99. The molecule has 0 saturated carbocycles. The van der Waals surface area contributed by atoms with Gasteiger partial charge in [-0.25, -0.2) is 0 Å². The summed E-state index contributed by atoms with van der Waals surface area (Å²) in [5.74, 6) is -0.136. The Kier molecular flexibility index (Phi) is 14.9. The maximum absolute atomic E-state index is 11.9. The van der Waals surface area contributed by atoms with Gasteiger partial charge < -0.3 is 26.6 Å². The van der Waals surface area contributed by atoms with Gasteiger partial charge in [0.25, 0.3) is 5.91 Å². The Morgan fingerprint density at radius 3 is 2.30 bits per heavy atom. The minimum atomic E-state index is -0.569. The van der Waals surface area contributed by atoms with Crippen molar-refractivity contribution >= 4 is 41.8 Å². The van der Waals surface area contributed by atoms with Crippen LogP contribution in [-0.2, 0) is 11.3 Å². The number of amides is 2. The van der Waals surface area contributed by atoms with Crippen molar-refractivity contribution in [2.75, 3.05) is 33.2 Å². The minimum Gasteiger partial charge on any atom is -0.368 e. The Morgan fingerprint density at radius 2 is 1.77 bits per heavy atom. The summed E-state index contributed by atoms with van der Waals surface area (Å²) in [5.41, 5.74) is 6.54. The monoisotopic (exact) mass is 532 g/mol. The minimum absolute atomic E-state index is 0. The van der Waals surface area contributed by atoms with Crippen LogP contribution in [0.15, 0.2) is 29.3 Å². The molecule has 0 saturated heterocycles. The first-order valence-electron chi connectivity index (χ1n) is 10.2. The van der Waals surface area contributed by atoms with Crippen molar-refractivity contribution in [2.45, 2.75) is 46.2 Å². The number of nitrogens with one attached hydrogen (secondary N) is 3. The molecule has 5 N–H and O–H groups in total. The summed E-state index contributed by atoms with van der Waals surface area (Å²) in [6.45, 7) is 10.3. The highest BCUT2D eigenvalue weighted by Crippen LogP contribution is 2.05. The lowest BCUT2D eigenvalue weighted by Gasteiger charge is -2.21. The molecule has 0 spiro atoms. The molecule has 8 nitrogen and oxygen atoms in total. The van der Waals surface area contributed by atoms with Gasteiger partial charge in [-0.15, -0.1) is 24.0 Å². The molecule has 0 heterocycles. The molecule has 0 fully saturated rings. The van der Waals surface area contributed by atoms with Crippen LogP contribution in [0.1, 0.15) is 49.5 Å². The largest absolute Gasteiger partial charge is 0.368 e. The number of hydrogen-bond acceptors (Lipinski definition) is 4. The molecule has 0 aliphatic rings. The number of carbonyl (C=O) groups excluding carboxylic acids is 2. The Hall–Kier alpha value is -1.88. The molecule has 1 unspecified atom stereocenters. The van der Waals surface area contributed by atoms with Gasteiger partial charge in [-0.05, 0) is 57.1 Å². The van der Waals surface area contributed by atoms with E-state index in [2.05, 4.69) is 46.6 Å². The number of primary amides is 1. The second-order valence-electron chi connectivity index (χ2n) is 6.99. The van der Waals surface area contributed by atoms with Crippen LogP contribution in [0.25, 0.3) is 0 Å². The lowest BCUT2D eigenvalue weighted by Crippen LogP contribution is -2.42. The maximum Gasteiger partial charge on any atom is 0.251 e. The van der Waals surface area contributed by atoms with Gasteiger partial charge in [0.05, 0.1) is 6.54 Å². The van der Waals surface area contributed by atoms with Gasteiger partial charge in [-0.3, -0.25) is 14.6 Å². The van der Waals surface area contributed by atoms with Crippen LogP contribution >= 0.6 is 24.0 Å². The normalized spacial score (nSPS) is 12.1. The molecule has 0 radical (unpaired) electrons. The zero-order chi connectivity index (χ0) is 21.6. The van der Waals surface area contributed by atoms with Crippen LogP contribution in [0, 0.1) is 0 Å². The molecule has 1 aromatic rings. The van der Waals surface area contributed by atoms with Crippen LogP contribution in [0.5, 0.6) is 0 Å². The molecule has 1 aromatic carbocycles. The molecule has 2 amide bonds. The molecule has 0 aliphatic carbocycles. The average Bonchev–Trinajstić information content (AvgIpc) is 2.72. The van der Waals surface area contributed by atoms with E-state index in [-0.39, 0.29) is 36.4 Å². The molecular weight excluding hydrogens is 495 g/mol. The van der Waals surface area contributed by atoms with Crippen molar-refractivity contribution in [3.8, 4) is 0 Å². The lowest BCUT2D eigenvalue weighted by molar-refractivity contribution is -0.117. The molecule has 170 valence electrons. The van der Waals surface area contributed by atoms with E-state index < -0.39 is 5.91 Å². The zero-order valence-corrected chi connectivity index (χ0v) is 20.9. The molecule has 9 heteroatoms. The standard InChI is InChI=1S/C21H36N6O2.HI/c1-5-27(6-2)13-7-8-16(3)26-21(23-4)25-14-17-9-11-18(12-10-17)20(29)24-15-19(22)28;/h9-12,16H,5-8,13-15H2,1-4H3,(H2,22,28)(H,24,29)(H2,23,25,26);1H. The SMILES string of the molecule is CCN(CC)CCCC(C)NC(=NC)NCc1ccc(C(=O)NCC(N)=O)cc1.I. The zero-order valence-electron chi connectivity index (χ0n) is 18.5. The van der Waals surface area contributed by atoms with E-state index in [1.807, 2.05) is 12.1 Å². The molecular formula is C21H37IN6O2. The van der Waals surface area contributed by atoms with Crippen molar-refractivity contribution in [2.24, 2.45) is 10.7 Å². The molecule has 0 bridgehead atoms. The van der Waals surface area contributed by atoms with E-state index in [0.29, 0.717) is 18.2 Å². The van der Waals surface area contributed by atoms with Gasteiger partial charge in [0, 0.05) is 25.2 Å². The van der Waals surface area contributed by atoms with Gasteiger partial charge in [-0.2, -0.15) is 0 Å². The van der Waals surface area contributed by atoms with Crippen molar-refractivity contribution in [3.05, 3.63) is 35.4 Å². The third-order valence-electron chi connectivity index (χ3n) is 4.71. The van der Waals surface area contributed by atoms with Crippen molar-refractivity contribution in [3.63, 3.8) is 0 Å². The summed E-state index contributed by atoms with van der Waals surface area (Å²) in [6, 6.07) is 7.51. The van der Waals surface area contributed by atoms with Crippen molar-refractivity contribution in [1.29, 1.82) is 0 Å². The van der Waals surface area contributed by atoms with E-state index >= 15 is 0 Å². The third-order valence-corrected chi connectivity index (χ3v) is 4.71. The topological polar surface area (TPSA) is 112 Å². The van der Waals surface area contributed by atoms with Crippen LogP contribution in [0.4, 0.5) is 0 Å². The quantitative estimate of drug-likeness (QED) is 0.186. The first-order valence-corrected chi connectivity index (χ1v) is 10.2. The van der Waals surface area contributed by atoms with Crippen LogP contribution < -0.4 is 21.7 Å². The average molecular weight is 532 g/mol. The third kappa shape index (κ3) is 11.3. The highest BCUT2D eigenvalue weighted by molar-refractivity contribution is 14.0. The van der Waals surface area contributed by atoms with Crippen LogP contribution in [0.2, 0.25) is 0 Å². The number of aliphatic imine (C=N–C) groups is 1. The summed E-state index contributed by atoms with van der Waals surface area (Å²) in [5, 5.41) is 9.18. The van der Waals surface area contributed by atoms with E-state index in [0.717, 1.165) is 44.0 Å². The van der Waals surface area contributed by atoms with Crippen molar-refractivity contribution in [1.82, 2.24) is 20.9 Å². The molecule has 0 aromatic heterocycles. The smallest absolute Gasteiger partial charge is 0.251 e. The second kappa shape index (κ2) is 15.9. The van der Waals surface area contributed by atoms with Gasteiger partial charge in [0.1, 0.15) is 0 Å². The fourth-order valence-corrected chi connectivity index (χ4v) is 2.89. The van der Waals surface area contributed by atoms with E-state index in [1.165, 1.54) is 0 Å². The number of benzene rings is 1. The molecule has 1 atom stereocenters. The highest BCUT2D eigenvalue weighted by atomic mass is 127. The van der Waals surface area contributed by atoms with Gasteiger partial charge in [0.2, 0.25) is 5.91 Å². The number of hydrogen-bond donors (Lipinski definition) is 4.